The van der Waals surface area contributed by atoms with Gasteiger partial charge in [-0.25, -0.2) is 0 Å². The van der Waals surface area contributed by atoms with Gasteiger partial charge >= 0.3 is 0 Å². The first-order valence-electron chi connectivity index (χ1n) is 10.1. The van der Waals surface area contributed by atoms with Crippen LogP contribution in [-0.4, -0.2) is 87.4 Å². The summed E-state index contributed by atoms with van der Waals surface area (Å²) in [6, 6.07) is 0.490. The molecule has 6 nitrogen and oxygen atoms in total. The molecular formula is C19H41N5O. The molecule has 1 unspecified atom stereocenters. The Bertz CT molecular complexity index is 354. The average Bonchev–Trinajstić information content (AvgIpc) is 2.62. The zero-order valence-corrected chi connectivity index (χ0v) is 17.2. The number of nitrogens with one attached hydrogen (secondary N) is 2. The maximum atomic E-state index is 5.62. The lowest BCUT2D eigenvalue weighted by Crippen LogP contribution is -2.50. The molecule has 1 atom stereocenters. The van der Waals surface area contributed by atoms with Gasteiger partial charge in [-0.05, 0) is 32.7 Å². The predicted octanol–water partition coefficient (Wildman–Crippen LogP) is 1.63. The van der Waals surface area contributed by atoms with Crippen LogP contribution < -0.4 is 10.6 Å². The highest BCUT2D eigenvalue weighted by Gasteiger charge is 2.19. The average molecular weight is 356 g/mol. The van der Waals surface area contributed by atoms with Crippen molar-refractivity contribution in [2.75, 3.05) is 65.6 Å². The summed E-state index contributed by atoms with van der Waals surface area (Å²) in [6.45, 7) is 21.1. The van der Waals surface area contributed by atoms with Gasteiger partial charge in [-0.1, -0.05) is 20.8 Å². The van der Waals surface area contributed by atoms with Gasteiger partial charge in [0.05, 0.1) is 6.54 Å². The van der Waals surface area contributed by atoms with E-state index in [1.807, 2.05) is 0 Å². The predicted molar refractivity (Wildman–Crippen MR) is 107 cm³/mol. The van der Waals surface area contributed by atoms with Gasteiger partial charge < -0.3 is 20.3 Å². The van der Waals surface area contributed by atoms with E-state index in [9.17, 15) is 0 Å². The topological polar surface area (TPSA) is 52.1 Å². The Balaban J connectivity index is 2.27. The van der Waals surface area contributed by atoms with Crippen LogP contribution in [0, 0.1) is 5.92 Å². The molecule has 1 heterocycles. The van der Waals surface area contributed by atoms with Gasteiger partial charge in [-0.15, -0.1) is 0 Å². The Morgan fingerprint density at radius 3 is 2.40 bits per heavy atom. The molecule has 0 aromatic carbocycles. The third-order valence-electron chi connectivity index (χ3n) is 4.54. The summed E-state index contributed by atoms with van der Waals surface area (Å²) in [6.07, 6.45) is 1.01. The highest BCUT2D eigenvalue weighted by atomic mass is 16.5. The molecule has 1 rings (SSSR count). The van der Waals surface area contributed by atoms with Crippen molar-refractivity contribution in [1.29, 1.82) is 0 Å². The van der Waals surface area contributed by atoms with Crippen molar-refractivity contribution in [2.24, 2.45) is 10.9 Å². The Morgan fingerprint density at radius 1 is 1.08 bits per heavy atom. The third kappa shape index (κ3) is 10.0. The second kappa shape index (κ2) is 13.4. The van der Waals surface area contributed by atoms with E-state index in [2.05, 4.69) is 55.1 Å². The van der Waals surface area contributed by atoms with E-state index in [1.54, 1.807) is 0 Å². The Kier molecular flexibility index (Phi) is 11.9. The quantitative estimate of drug-likeness (QED) is 0.335. The number of aliphatic imine (C=N–C) groups is 1. The van der Waals surface area contributed by atoms with E-state index in [0.29, 0.717) is 12.0 Å². The number of ether oxygens (including phenoxy) is 1. The maximum Gasteiger partial charge on any atom is 0.191 e. The molecule has 0 aromatic heterocycles. The van der Waals surface area contributed by atoms with E-state index in [4.69, 9.17) is 9.73 Å². The van der Waals surface area contributed by atoms with Crippen molar-refractivity contribution >= 4 is 5.96 Å². The van der Waals surface area contributed by atoms with Crippen molar-refractivity contribution in [3.05, 3.63) is 0 Å². The first-order chi connectivity index (χ1) is 12.1. The van der Waals surface area contributed by atoms with Crippen LogP contribution in [-0.2, 0) is 4.74 Å². The highest BCUT2D eigenvalue weighted by molar-refractivity contribution is 5.79. The summed E-state index contributed by atoms with van der Waals surface area (Å²) in [5.74, 6) is 1.53. The van der Waals surface area contributed by atoms with Crippen LogP contribution in [0.5, 0.6) is 0 Å². The monoisotopic (exact) mass is 355 g/mol. The van der Waals surface area contributed by atoms with Crippen LogP contribution in [0.1, 0.15) is 41.0 Å². The molecule has 0 bridgehead atoms. The summed E-state index contributed by atoms with van der Waals surface area (Å²) in [5.41, 5.74) is 0. The van der Waals surface area contributed by atoms with Gasteiger partial charge in [0.2, 0.25) is 0 Å². The summed E-state index contributed by atoms with van der Waals surface area (Å²) < 4.78 is 5.62. The maximum absolute atomic E-state index is 5.62. The van der Waals surface area contributed by atoms with E-state index in [1.165, 1.54) is 13.1 Å². The molecule has 1 saturated heterocycles. The lowest BCUT2D eigenvalue weighted by atomic mass is 10.2. The van der Waals surface area contributed by atoms with E-state index >= 15 is 0 Å². The van der Waals surface area contributed by atoms with E-state index in [-0.39, 0.29) is 0 Å². The fourth-order valence-corrected chi connectivity index (χ4v) is 2.90. The molecule has 0 saturated carbocycles. The Morgan fingerprint density at radius 2 is 1.80 bits per heavy atom. The van der Waals surface area contributed by atoms with Crippen molar-refractivity contribution in [3.63, 3.8) is 0 Å². The fourth-order valence-electron chi connectivity index (χ4n) is 2.90. The molecule has 0 spiro atoms. The number of likely N-dealkylation sites (N-methyl/N-ethyl adjacent to an activating group) is 1. The Hall–Kier alpha value is -0.850. The van der Waals surface area contributed by atoms with Crippen LogP contribution in [0.3, 0.4) is 0 Å². The molecule has 2 N–H and O–H groups in total. The van der Waals surface area contributed by atoms with Crippen molar-refractivity contribution < 1.29 is 4.74 Å². The number of piperazine rings is 1. The molecule has 0 aliphatic carbocycles. The lowest BCUT2D eigenvalue weighted by molar-refractivity contribution is 0.108. The zero-order chi connectivity index (χ0) is 18.5. The summed E-state index contributed by atoms with van der Waals surface area (Å²) in [4.78, 5) is 9.84. The fraction of sp³-hybridized carbons (Fsp3) is 0.947. The second-order valence-electron chi connectivity index (χ2n) is 7.29. The summed E-state index contributed by atoms with van der Waals surface area (Å²) in [5, 5.41) is 6.75. The highest BCUT2D eigenvalue weighted by Crippen LogP contribution is 2.06. The van der Waals surface area contributed by atoms with Gasteiger partial charge in [0.15, 0.2) is 5.96 Å². The molecule has 1 fully saturated rings. The molecular weight excluding hydrogens is 314 g/mol. The van der Waals surface area contributed by atoms with Crippen molar-refractivity contribution in [2.45, 2.75) is 47.1 Å². The minimum absolute atomic E-state index is 0.490. The standard InChI is InChI=1S/C19H41N5O/c1-6-20-19(21-9-8-14-25-16-17(3)4)22-15-18(5)24-12-10-23(7-2)11-13-24/h17-18H,6-16H2,1-5H3,(H2,20,21,22). The van der Waals surface area contributed by atoms with Crippen LogP contribution in [0.4, 0.5) is 0 Å². The summed E-state index contributed by atoms with van der Waals surface area (Å²) in [7, 11) is 0. The van der Waals surface area contributed by atoms with Crippen molar-refractivity contribution in [3.8, 4) is 0 Å². The van der Waals surface area contributed by atoms with Gasteiger partial charge in [0.25, 0.3) is 0 Å². The lowest BCUT2D eigenvalue weighted by Gasteiger charge is -2.37. The minimum atomic E-state index is 0.490. The third-order valence-corrected chi connectivity index (χ3v) is 4.54. The molecule has 6 heteroatoms. The van der Waals surface area contributed by atoms with E-state index < -0.39 is 0 Å². The van der Waals surface area contributed by atoms with Crippen LogP contribution in [0.2, 0.25) is 0 Å². The van der Waals surface area contributed by atoms with Gasteiger partial charge in [0.1, 0.15) is 0 Å². The largest absolute Gasteiger partial charge is 0.381 e. The second-order valence-corrected chi connectivity index (χ2v) is 7.29. The van der Waals surface area contributed by atoms with Crippen molar-refractivity contribution in [1.82, 2.24) is 20.4 Å². The SMILES string of the molecule is CCNC(=NCC(C)N1CCN(CC)CC1)NCCCOCC(C)C. The van der Waals surface area contributed by atoms with E-state index in [0.717, 1.165) is 64.9 Å². The summed E-state index contributed by atoms with van der Waals surface area (Å²) >= 11 is 0. The van der Waals surface area contributed by atoms with Crippen LogP contribution in [0.25, 0.3) is 0 Å². The van der Waals surface area contributed by atoms with Gasteiger partial charge in [-0.3, -0.25) is 9.89 Å². The number of rotatable bonds is 11. The number of hydrogen-bond donors (Lipinski definition) is 2. The molecule has 0 amide bonds. The Labute approximate surface area is 155 Å². The number of hydrogen-bond acceptors (Lipinski definition) is 4. The molecule has 0 radical (unpaired) electrons. The van der Waals surface area contributed by atoms with Crippen LogP contribution in [0.15, 0.2) is 4.99 Å². The normalized spacial score (nSPS) is 18.6. The molecule has 148 valence electrons. The van der Waals surface area contributed by atoms with Crippen LogP contribution >= 0.6 is 0 Å². The molecule has 0 aromatic rings. The van der Waals surface area contributed by atoms with Gasteiger partial charge in [0, 0.05) is 58.5 Å². The molecule has 25 heavy (non-hydrogen) atoms. The van der Waals surface area contributed by atoms with Gasteiger partial charge in [-0.2, -0.15) is 0 Å². The number of nitrogens with zero attached hydrogens (tertiary/aromatic N) is 3. The zero-order valence-electron chi connectivity index (χ0n) is 17.2. The molecule has 1 aliphatic heterocycles. The minimum Gasteiger partial charge on any atom is -0.381 e. The number of guanidine groups is 1. The smallest absolute Gasteiger partial charge is 0.191 e. The first kappa shape index (κ1) is 22.2. The molecule has 1 aliphatic rings. The first-order valence-corrected chi connectivity index (χ1v) is 10.1.